The Labute approximate surface area is 177 Å². The standard InChI is InChI=1S/C24H32N2O4/c1-5-7-10-29-24-19-22(28)18-16(20(26(3)4)23(19)30-25-24)11-15-13-8-9-14(12(13)6-2)17(15)21(18)27/h8-9,12-17,20,27H,5-7,10-11H2,1-4H3/t12?,13-,14+,15-,16+,17+,20+/m0/s1. The molecule has 4 aliphatic carbocycles. The maximum atomic E-state index is 13.7. The molecule has 162 valence electrons. The van der Waals surface area contributed by atoms with E-state index in [2.05, 4.69) is 36.1 Å². The molecule has 1 unspecified atom stereocenters. The number of aliphatic hydroxyl groups is 1. The van der Waals surface area contributed by atoms with Crippen LogP contribution in [-0.2, 0) is 0 Å². The molecule has 6 nitrogen and oxygen atoms in total. The van der Waals surface area contributed by atoms with Gasteiger partial charge in [-0.2, -0.15) is 0 Å². The number of aromatic nitrogens is 1. The lowest BCUT2D eigenvalue weighted by Crippen LogP contribution is -2.42. The number of carbonyl (C=O) groups is 1. The third-order valence-electron chi connectivity index (χ3n) is 7.98. The molecule has 0 saturated heterocycles. The largest absolute Gasteiger partial charge is 0.512 e. The first-order valence-corrected chi connectivity index (χ1v) is 11.4. The molecule has 4 aliphatic rings. The van der Waals surface area contributed by atoms with Crippen molar-refractivity contribution in [3.05, 3.63) is 34.8 Å². The summed E-state index contributed by atoms with van der Waals surface area (Å²) in [6.07, 6.45) is 8.52. The molecule has 6 heteroatoms. The Morgan fingerprint density at radius 1 is 1.27 bits per heavy atom. The second kappa shape index (κ2) is 7.26. The van der Waals surface area contributed by atoms with E-state index in [1.165, 1.54) is 0 Å². The van der Waals surface area contributed by atoms with Crippen LogP contribution in [0, 0.1) is 35.5 Å². The summed E-state index contributed by atoms with van der Waals surface area (Å²) in [5.41, 5.74) is 0.980. The fourth-order valence-corrected chi connectivity index (χ4v) is 6.78. The van der Waals surface area contributed by atoms with Crippen LogP contribution in [0.3, 0.4) is 0 Å². The Morgan fingerprint density at radius 3 is 2.73 bits per heavy atom. The number of rotatable bonds is 6. The summed E-state index contributed by atoms with van der Waals surface area (Å²) < 4.78 is 11.5. The molecule has 30 heavy (non-hydrogen) atoms. The highest BCUT2D eigenvalue weighted by Gasteiger charge is 2.59. The zero-order chi connectivity index (χ0) is 21.2. The van der Waals surface area contributed by atoms with E-state index < -0.39 is 0 Å². The first kappa shape index (κ1) is 19.9. The van der Waals surface area contributed by atoms with Gasteiger partial charge in [-0.3, -0.25) is 9.69 Å². The van der Waals surface area contributed by atoms with Crippen LogP contribution < -0.4 is 4.74 Å². The van der Waals surface area contributed by atoms with Crippen LogP contribution in [0.2, 0.25) is 0 Å². The molecule has 1 saturated carbocycles. The van der Waals surface area contributed by atoms with Gasteiger partial charge in [-0.1, -0.05) is 38.8 Å². The second-order valence-corrected chi connectivity index (χ2v) is 9.61. The predicted octanol–water partition coefficient (Wildman–Crippen LogP) is 4.56. The molecule has 0 spiro atoms. The van der Waals surface area contributed by atoms with Crippen LogP contribution in [0.25, 0.3) is 0 Å². The quantitative estimate of drug-likeness (QED) is 0.545. The summed E-state index contributed by atoms with van der Waals surface area (Å²) in [4.78, 5) is 15.7. The van der Waals surface area contributed by atoms with Gasteiger partial charge in [0.2, 0.25) is 5.78 Å². The number of aliphatic hydroxyl groups excluding tert-OH is 1. The second-order valence-electron chi connectivity index (χ2n) is 9.61. The Morgan fingerprint density at radius 2 is 2.03 bits per heavy atom. The van der Waals surface area contributed by atoms with Crippen molar-refractivity contribution in [3.63, 3.8) is 0 Å². The highest BCUT2D eigenvalue weighted by atomic mass is 16.5. The van der Waals surface area contributed by atoms with Gasteiger partial charge in [0.25, 0.3) is 5.88 Å². The molecule has 0 amide bonds. The van der Waals surface area contributed by atoms with Gasteiger partial charge in [-0.15, -0.1) is 0 Å². The summed E-state index contributed by atoms with van der Waals surface area (Å²) in [7, 11) is 4.00. The fraction of sp³-hybridized carbons (Fsp3) is 0.667. The van der Waals surface area contributed by atoms with Crippen molar-refractivity contribution < 1.29 is 19.2 Å². The van der Waals surface area contributed by atoms with Gasteiger partial charge < -0.3 is 14.4 Å². The van der Waals surface area contributed by atoms with Crippen LogP contribution >= 0.6 is 0 Å². The van der Waals surface area contributed by atoms with E-state index in [9.17, 15) is 9.90 Å². The summed E-state index contributed by atoms with van der Waals surface area (Å²) >= 11 is 0. The summed E-state index contributed by atoms with van der Waals surface area (Å²) in [5, 5.41) is 15.6. The molecular formula is C24H32N2O4. The number of ether oxygens (including phenoxy) is 1. The van der Waals surface area contributed by atoms with E-state index in [-0.39, 0.29) is 29.5 Å². The molecule has 2 bridgehead atoms. The minimum Gasteiger partial charge on any atom is -0.512 e. The van der Waals surface area contributed by atoms with Crippen molar-refractivity contribution in [1.82, 2.24) is 10.1 Å². The number of fused-ring (bicyclic) bond motifs is 7. The highest BCUT2D eigenvalue weighted by Crippen LogP contribution is 2.62. The van der Waals surface area contributed by atoms with E-state index in [1.54, 1.807) is 0 Å². The average molecular weight is 413 g/mol. The van der Waals surface area contributed by atoms with Crippen LogP contribution in [0.1, 0.15) is 61.7 Å². The molecule has 0 aliphatic heterocycles. The molecule has 1 fully saturated rings. The predicted molar refractivity (Wildman–Crippen MR) is 112 cm³/mol. The summed E-state index contributed by atoms with van der Waals surface area (Å²) in [6.45, 7) is 4.83. The number of carbonyl (C=O) groups excluding carboxylic acids is 1. The molecule has 0 radical (unpaired) electrons. The molecule has 1 aromatic rings. The van der Waals surface area contributed by atoms with Gasteiger partial charge in [0, 0.05) is 17.4 Å². The van der Waals surface area contributed by atoms with Crippen LogP contribution in [0.4, 0.5) is 0 Å². The molecule has 1 N–H and O–H groups in total. The Kier molecular flexibility index (Phi) is 4.80. The van der Waals surface area contributed by atoms with E-state index in [0.29, 0.717) is 52.9 Å². The topological polar surface area (TPSA) is 75.8 Å². The van der Waals surface area contributed by atoms with Gasteiger partial charge in [-0.25, -0.2) is 0 Å². The van der Waals surface area contributed by atoms with Gasteiger partial charge in [-0.05, 0) is 55.8 Å². The van der Waals surface area contributed by atoms with Gasteiger partial charge >= 0.3 is 0 Å². The first-order valence-electron chi connectivity index (χ1n) is 11.4. The highest BCUT2D eigenvalue weighted by molar-refractivity contribution is 6.13. The lowest BCUT2D eigenvalue weighted by Gasteiger charge is -2.43. The molecule has 5 rings (SSSR count). The van der Waals surface area contributed by atoms with Crippen molar-refractivity contribution in [2.24, 2.45) is 35.5 Å². The number of nitrogens with zero attached hydrogens (tertiary/aromatic N) is 2. The van der Waals surface area contributed by atoms with Crippen molar-refractivity contribution in [1.29, 1.82) is 0 Å². The molecular weight excluding hydrogens is 380 g/mol. The number of allylic oxidation sites excluding steroid dienone is 3. The Bertz CT molecular complexity index is 914. The van der Waals surface area contributed by atoms with E-state index in [4.69, 9.17) is 9.26 Å². The first-order chi connectivity index (χ1) is 14.5. The normalized spacial score (nSPS) is 36.3. The Balaban J connectivity index is 1.59. The Hall–Kier alpha value is -2.08. The molecule has 1 aromatic heterocycles. The minimum atomic E-state index is -0.156. The van der Waals surface area contributed by atoms with Crippen molar-refractivity contribution >= 4 is 5.78 Å². The molecule has 1 heterocycles. The van der Waals surface area contributed by atoms with E-state index >= 15 is 0 Å². The average Bonchev–Trinajstić information content (AvgIpc) is 3.39. The number of hydrogen-bond donors (Lipinski definition) is 1. The summed E-state index contributed by atoms with van der Waals surface area (Å²) in [5.74, 6) is 2.80. The van der Waals surface area contributed by atoms with Crippen molar-refractivity contribution in [2.45, 2.75) is 45.6 Å². The smallest absolute Gasteiger partial charge is 0.265 e. The minimum absolute atomic E-state index is 0.0637. The van der Waals surface area contributed by atoms with E-state index in [0.717, 1.165) is 25.7 Å². The third-order valence-corrected chi connectivity index (χ3v) is 7.98. The third kappa shape index (κ3) is 2.58. The lowest BCUT2D eigenvalue weighted by molar-refractivity contribution is 0.0821. The van der Waals surface area contributed by atoms with Crippen LogP contribution in [0.15, 0.2) is 28.0 Å². The fourth-order valence-electron chi connectivity index (χ4n) is 6.78. The number of ketones is 1. The molecule has 0 aromatic carbocycles. The number of unbranched alkanes of at least 4 members (excludes halogenated alkanes) is 1. The number of hydrogen-bond acceptors (Lipinski definition) is 6. The van der Waals surface area contributed by atoms with Crippen LogP contribution in [0.5, 0.6) is 5.88 Å². The monoisotopic (exact) mass is 412 g/mol. The van der Waals surface area contributed by atoms with Gasteiger partial charge in [0.15, 0.2) is 5.76 Å². The zero-order valence-electron chi connectivity index (χ0n) is 18.3. The van der Waals surface area contributed by atoms with Crippen molar-refractivity contribution in [3.8, 4) is 5.88 Å². The SMILES string of the molecule is CCCCOc1noc2c1C(=O)C1=C(O)[C@H]3[C@@H](C[C@H]1[C@H]2N(C)C)[C@H]1C=C[C@@H]3C1CC. The zero-order valence-corrected chi connectivity index (χ0v) is 18.3. The lowest BCUT2D eigenvalue weighted by atomic mass is 9.63. The van der Waals surface area contributed by atoms with Crippen molar-refractivity contribution in [2.75, 3.05) is 20.7 Å². The van der Waals surface area contributed by atoms with Gasteiger partial charge in [0.05, 0.1) is 12.6 Å². The maximum Gasteiger partial charge on any atom is 0.265 e. The van der Waals surface area contributed by atoms with Gasteiger partial charge in [0.1, 0.15) is 11.3 Å². The molecule has 7 atom stereocenters. The number of Topliss-reactive ketones (excluding diaryl/α,β-unsaturated/α-hetero) is 1. The maximum absolute atomic E-state index is 13.7. The van der Waals surface area contributed by atoms with Crippen LogP contribution in [-0.4, -0.2) is 41.6 Å². The summed E-state index contributed by atoms with van der Waals surface area (Å²) in [6, 6.07) is -0.130. The van der Waals surface area contributed by atoms with E-state index in [1.807, 2.05) is 14.1 Å².